The molecule has 3 amide bonds. The van der Waals surface area contributed by atoms with E-state index in [2.05, 4.69) is 10.1 Å². The molecule has 0 aromatic rings. The van der Waals surface area contributed by atoms with Crippen LogP contribution in [0.3, 0.4) is 0 Å². The second-order valence-corrected chi connectivity index (χ2v) is 3.60. The van der Waals surface area contributed by atoms with E-state index in [1.807, 2.05) is 5.32 Å². The van der Waals surface area contributed by atoms with Crippen LogP contribution in [-0.4, -0.2) is 55.3 Å². The summed E-state index contributed by atoms with van der Waals surface area (Å²) in [6, 6.07) is -0.738. The average molecular weight is 290 g/mol. The number of hydrogen-bond acceptors (Lipinski definition) is 6. The minimum atomic E-state index is -1.21. The monoisotopic (exact) mass is 290 g/mol. The molecule has 0 fully saturated rings. The largest absolute Gasteiger partial charge is 0.480 e. The number of nitrogens with one attached hydrogen (secondary N) is 2. The number of carbonyl (C=O) groups excluding carboxylic acids is 3. The Morgan fingerprint density at radius 2 is 1.85 bits per heavy atom. The molecular weight excluding hydrogens is 272 g/mol. The molecule has 9 nitrogen and oxygen atoms in total. The summed E-state index contributed by atoms with van der Waals surface area (Å²) in [4.78, 5) is 43.4. The average Bonchev–Trinajstić information content (AvgIpc) is 2.34. The van der Waals surface area contributed by atoms with Crippen molar-refractivity contribution in [2.45, 2.75) is 19.8 Å². The van der Waals surface area contributed by atoms with Gasteiger partial charge in [-0.1, -0.05) is 0 Å². The maximum Gasteiger partial charge on any atom is 0.329 e. The van der Waals surface area contributed by atoms with E-state index >= 15 is 0 Å². The van der Waals surface area contributed by atoms with Gasteiger partial charge in [-0.15, -0.1) is 0 Å². The number of esters is 1. The predicted molar refractivity (Wildman–Crippen MR) is 65.9 cm³/mol. The number of carboxylic acid groups (broad SMARTS) is 1. The van der Waals surface area contributed by atoms with E-state index in [9.17, 15) is 19.2 Å². The Hall–Kier alpha value is -2.16. The van der Waals surface area contributed by atoms with Gasteiger partial charge in [-0.2, -0.15) is 0 Å². The van der Waals surface area contributed by atoms with Gasteiger partial charge >= 0.3 is 18.0 Å². The number of carbonyl (C=O) groups is 4. The first-order valence-corrected chi connectivity index (χ1v) is 5.98. The van der Waals surface area contributed by atoms with Crippen molar-refractivity contribution in [3.63, 3.8) is 0 Å². The maximum absolute atomic E-state index is 11.2. The molecule has 0 rings (SSSR count). The fourth-order valence-corrected chi connectivity index (χ4v) is 1.11. The van der Waals surface area contributed by atoms with Gasteiger partial charge in [0, 0.05) is 13.0 Å². The number of hydrogen-bond donors (Lipinski definition) is 3. The van der Waals surface area contributed by atoms with Crippen molar-refractivity contribution in [2.75, 3.05) is 26.4 Å². The lowest BCUT2D eigenvalue weighted by atomic mass is 10.3. The highest BCUT2D eigenvalue weighted by atomic mass is 16.5. The lowest BCUT2D eigenvalue weighted by Crippen LogP contribution is -2.41. The summed E-state index contributed by atoms with van der Waals surface area (Å²) in [5.74, 6) is -2.32. The Morgan fingerprint density at radius 1 is 1.15 bits per heavy atom. The molecule has 9 heteroatoms. The SMILES string of the molecule is CCOC(=O)CCCNC(=O)NC(=O)COCC(=O)O. The lowest BCUT2D eigenvalue weighted by Gasteiger charge is -2.06. The zero-order valence-corrected chi connectivity index (χ0v) is 11.1. The molecule has 3 N–H and O–H groups in total. The minimum Gasteiger partial charge on any atom is -0.480 e. The van der Waals surface area contributed by atoms with Crippen LogP contribution in [0.5, 0.6) is 0 Å². The molecule has 0 aliphatic rings. The van der Waals surface area contributed by atoms with Crippen molar-refractivity contribution >= 4 is 23.9 Å². The van der Waals surface area contributed by atoms with Crippen LogP contribution >= 0.6 is 0 Å². The van der Waals surface area contributed by atoms with Gasteiger partial charge in [-0.05, 0) is 13.3 Å². The van der Waals surface area contributed by atoms with Crippen molar-refractivity contribution in [1.29, 1.82) is 0 Å². The van der Waals surface area contributed by atoms with E-state index in [-0.39, 0.29) is 18.9 Å². The number of aliphatic carboxylic acids is 1. The molecule has 0 aromatic carbocycles. The molecule has 114 valence electrons. The number of rotatable bonds is 9. The van der Waals surface area contributed by atoms with Crippen LogP contribution < -0.4 is 10.6 Å². The van der Waals surface area contributed by atoms with Crippen LogP contribution in [0.1, 0.15) is 19.8 Å². The van der Waals surface area contributed by atoms with Gasteiger partial charge in [-0.3, -0.25) is 14.9 Å². The summed E-state index contributed by atoms with van der Waals surface area (Å²) in [6.45, 7) is 1.06. The summed E-state index contributed by atoms with van der Waals surface area (Å²) in [5, 5.41) is 12.6. The third kappa shape index (κ3) is 11.0. The standard InChI is InChI=1S/C11H18N2O7/c1-2-20-10(17)4-3-5-12-11(18)13-8(14)6-19-7-9(15)16/h2-7H2,1H3,(H,15,16)(H2,12,13,14,18). The molecule has 0 saturated heterocycles. The fourth-order valence-electron chi connectivity index (χ4n) is 1.11. The van der Waals surface area contributed by atoms with Gasteiger partial charge in [-0.25, -0.2) is 9.59 Å². The van der Waals surface area contributed by atoms with Crippen LogP contribution in [0, 0.1) is 0 Å². The van der Waals surface area contributed by atoms with E-state index in [1.165, 1.54) is 0 Å². The van der Waals surface area contributed by atoms with E-state index in [4.69, 9.17) is 9.84 Å². The number of imide groups is 1. The highest BCUT2D eigenvalue weighted by Gasteiger charge is 2.08. The lowest BCUT2D eigenvalue weighted by molar-refractivity contribution is -0.144. The number of amides is 3. The number of urea groups is 1. The fraction of sp³-hybridized carbons (Fsp3) is 0.636. The minimum absolute atomic E-state index is 0.170. The second kappa shape index (κ2) is 10.7. The normalized spacial score (nSPS) is 9.65. The molecule has 0 aliphatic carbocycles. The van der Waals surface area contributed by atoms with E-state index in [0.29, 0.717) is 13.0 Å². The Kier molecular flexibility index (Phi) is 9.57. The molecule has 0 heterocycles. The smallest absolute Gasteiger partial charge is 0.329 e. The molecule has 0 aliphatic heterocycles. The van der Waals surface area contributed by atoms with Gasteiger partial charge in [0.05, 0.1) is 6.61 Å². The van der Waals surface area contributed by atoms with Gasteiger partial charge in [0.15, 0.2) is 0 Å². The first kappa shape index (κ1) is 17.8. The van der Waals surface area contributed by atoms with Crippen molar-refractivity contribution in [1.82, 2.24) is 10.6 Å². The summed E-state index contributed by atoms with van der Waals surface area (Å²) in [6.07, 6.45) is 0.555. The summed E-state index contributed by atoms with van der Waals surface area (Å²) >= 11 is 0. The summed E-state index contributed by atoms with van der Waals surface area (Å²) in [7, 11) is 0. The molecule has 0 bridgehead atoms. The quantitative estimate of drug-likeness (QED) is 0.376. The Bertz CT molecular complexity index is 357. The second-order valence-electron chi connectivity index (χ2n) is 3.60. The van der Waals surface area contributed by atoms with Crippen LogP contribution in [0.4, 0.5) is 4.79 Å². The van der Waals surface area contributed by atoms with Gasteiger partial charge in [0.25, 0.3) is 5.91 Å². The summed E-state index contributed by atoms with van der Waals surface area (Å²) in [5.41, 5.74) is 0. The molecule has 0 atom stereocenters. The Morgan fingerprint density at radius 3 is 2.45 bits per heavy atom. The Labute approximate surface area is 115 Å². The van der Waals surface area contributed by atoms with E-state index in [0.717, 1.165) is 0 Å². The first-order chi connectivity index (χ1) is 9.45. The van der Waals surface area contributed by atoms with Crippen molar-refractivity contribution in [2.24, 2.45) is 0 Å². The third-order valence-corrected chi connectivity index (χ3v) is 1.86. The van der Waals surface area contributed by atoms with Crippen molar-refractivity contribution < 1.29 is 33.8 Å². The van der Waals surface area contributed by atoms with Crippen molar-refractivity contribution in [3.8, 4) is 0 Å². The molecule has 0 radical (unpaired) electrons. The van der Waals surface area contributed by atoms with Crippen molar-refractivity contribution in [3.05, 3.63) is 0 Å². The highest BCUT2D eigenvalue weighted by molar-refractivity contribution is 5.94. The maximum atomic E-state index is 11.2. The zero-order chi connectivity index (χ0) is 15.4. The predicted octanol–water partition coefficient (Wildman–Crippen LogP) is -0.743. The van der Waals surface area contributed by atoms with E-state index in [1.54, 1.807) is 6.92 Å². The molecule has 0 spiro atoms. The van der Waals surface area contributed by atoms with Crippen LogP contribution in [0.2, 0.25) is 0 Å². The Balaban J connectivity index is 3.60. The molecule has 20 heavy (non-hydrogen) atoms. The number of ether oxygens (including phenoxy) is 2. The number of carboxylic acids is 1. The van der Waals surface area contributed by atoms with Crippen LogP contribution in [-0.2, 0) is 23.9 Å². The van der Waals surface area contributed by atoms with Crippen LogP contribution in [0.25, 0.3) is 0 Å². The van der Waals surface area contributed by atoms with Crippen LogP contribution in [0.15, 0.2) is 0 Å². The third-order valence-electron chi connectivity index (χ3n) is 1.86. The molecular formula is C11H18N2O7. The molecule has 0 aromatic heterocycles. The van der Waals surface area contributed by atoms with Gasteiger partial charge in [0.2, 0.25) is 0 Å². The highest BCUT2D eigenvalue weighted by Crippen LogP contribution is 1.91. The van der Waals surface area contributed by atoms with Gasteiger partial charge in [0.1, 0.15) is 13.2 Å². The van der Waals surface area contributed by atoms with Gasteiger partial charge < -0.3 is 19.9 Å². The molecule has 0 unspecified atom stereocenters. The molecule has 0 saturated carbocycles. The topological polar surface area (TPSA) is 131 Å². The summed E-state index contributed by atoms with van der Waals surface area (Å²) < 4.78 is 9.18. The zero-order valence-electron chi connectivity index (χ0n) is 11.1. The first-order valence-electron chi connectivity index (χ1n) is 5.98. The van der Waals surface area contributed by atoms with E-state index < -0.39 is 31.1 Å².